The Labute approximate surface area is 132 Å². The molecule has 20 heavy (non-hydrogen) atoms. The molecule has 0 bridgehead atoms. The first-order valence-electron chi connectivity index (χ1n) is 6.63. The van der Waals surface area contributed by atoms with Crippen LogP contribution in [0, 0.1) is 0 Å². The minimum atomic E-state index is 0.194. The van der Waals surface area contributed by atoms with E-state index in [0.29, 0.717) is 5.02 Å². The van der Waals surface area contributed by atoms with E-state index in [1.54, 1.807) is 18.6 Å². The lowest BCUT2D eigenvalue weighted by atomic mass is 10.0. The Bertz CT molecular complexity index is 562. The molecule has 2 rings (SSSR count). The van der Waals surface area contributed by atoms with Crippen LogP contribution in [0.1, 0.15) is 30.5 Å². The van der Waals surface area contributed by atoms with E-state index in [1.807, 2.05) is 12.3 Å². The van der Waals surface area contributed by atoms with E-state index >= 15 is 0 Å². The average molecular weight is 355 g/mol. The molecule has 0 aromatic carbocycles. The van der Waals surface area contributed by atoms with Gasteiger partial charge in [0.2, 0.25) is 0 Å². The summed E-state index contributed by atoms with van der Waals surface area (Å²) in [6, 6.07) is 4.25. The van der Waals surface area contributed by atoms with Crippen LogP contribution in [0.4, 0.5) is 0 Å². The maximum absolute atomic E-state index is 6.21. The molecule has 2 heterocycles. The molecule has 0 aliphatic carbocycles. The van der Waals surface area contributed by atoms with Gasteiger partial charge in [-0.05, 0) is 58.6 Å². The van der Waals surface area contributed by atoms with Crippen LogP contribution in [-0.2, 0) is 6.42 Å². The summed E-state index contributed by atoms with van der Waals surface area (Å²) in [4.78, 5) is 8.27. The Balaban J connectivity index is 2.21. The lowest BCUT2D eigenvalue weighted by Gasteiger charge is -2.19. The van der Waals surface area contributed by atoms with Gasteiger partial charge in [0.05, 0.1) is 5.02 Å². The normalized spacial score (nSPS) is 12.3. The van der Waals surface area contributed by atoms with Gasteiger partial charge in [0.25, 0.3) is 0 Å². The number of nitrogens with zero attached hydrogens (tertiary/aromatic N) is 2. The highest BCUT2D eigenvalue weighted by Crippen LogP contribution is 2.24. The summed E-state index contributed by atoms with van der Waals surface area (Å²) in [7, 11) is 0. The number of rotatable bonds is 6. The summed E-state index contributed by atoms with van der Waals surface area (Å²) >= 11 is 9.68. The SMILES string of the molecule is CCCNC(Cc1ccncc1Cl)c1cncc(Br)c1. The van der Waals surface area contributed by atoms with Gasteiger partial charge in [-0.15, -0.1) is 0 Å². The Hall–Kier alpha value is -0.970. The minimum Gasteiger partial charge on any atom is -0.310 e. The molecule has 0 aliphatic rings. The van der Waals surface area contributed by atoms with Gasteiger partial charge in [-0.3, -0.25) is 9.97 Å². The number of halogens is 2. The molecule has 0 aliphatic heterocycles. The van der Waals surface area contributed by atoms with Crippen molar-refractivity contribution < 1.29 is 0 Å². The number of nitrogens with one attached hydrogen (secondary N) is 1. The fourth-order valence-electron chi connectivity index (χ4n) is 2.03. The van der Waals surface area contributed by atoms with Crippen molar-refractivity contribution in [3.8, 4) is 0 Å². The second-order valence-corrected chi connectivity index (χ2v) is 5.94. The van der Waals surface area contributed by atoms with E-state index in [-0.39, 0.29) is 6.04 Å². The predicted octanol–water partition coefficient (Wildman–Crippen LogP) is 4.18. The quantitative estimate of drug-likeness (QED) is 0.846. The Kier molecular flexibility index (Phi) is 5.95. The second-order valence-electron chi connectivity index (χ2n) is 4.61. The van der Waals surface area contributed by atoms with E-state index in [4.69, 9.17) is 11.6 Å². The molecule has 2 aromatic rings. The summed E-state index contributed by atoms with van der Waals surface area (Å²) in [5.41, 5.74) is 2.25. The van der Waals surface area contributed by atoms with Crippen LogP contribution in [-0.4, -0.2) is 16.5 Å². The predicted molar refractivity (Wildman–Crippen MR) is 85.9 cm³/mol. The van der Waals surface area contributed by atoms with Crippen molar-refractivity contribution >= 4 is 27.5 Å². The molecule has 1 atom stereocenters. The lowest BCUT2D eigenvalue weighted by Crippen LogP contribution is -2.24. The third kappa shape index (κ3) is 4.27. The van der Waals surface area contributed by atoms with Crippen LogP contribution in [0.3, 0.4) is 0 Å². The molecule has 2 aromatic heterocycles. The number of pyridine rings is 2. The molecule has 0 radical (unpaired) electrons. The standard InChI is InChI=1S/C15H17BrClN3/c1-2-4-20-15(12-6-13(16)9-19-8-12)7-11-3-5-18-10-14(11)17/h3,5-6,8-10,15,20H,2,4,7H2,1H3. The van der Waals surface area contributed by atoms with E-state index in [0.717, 1.165) is 35.0 Å². The maximum atomic E-state index is 6.21. The van der Waals surface area contributed by atoms with E-state index in [1.165, 1.54) is 0 Å². The maximum Gasteiger partial charge on any atom is 0.0622 e. The smallest absolute Gasteiger partial charge is 0.0622 e. The molecule has 5 heteroatoms. The van der Waals surface area contributed by atoms with Crippen molar-refractivity contribution in [3.05, 3.63) is 57.5 Å². The van der Waals surface area contributed by atoms with Gasteiger partial charge in [-0.25, -0.2) is 0 Å². The Morgan fingerprint density at radius 1 is 1.30 bits per heavy atom. The summed E-state index contributed by atoms with van der Waals surface area (Å²) in [5, 5.41) is 4.26. The zero-order valence-corrected chi connectivity index (χ0v) is 13.7. The Morgan fingerprint density at radius 3 is 2.85 bits per heavy atom. The molecule has 0 fully saturated rings. The fraction of sp³-hybridized carbons (Fsp3) is 0.333. The lowest BCUT2D eigenvalue weighted by molar-refractivity contribution is 0.527. The molecule has 3 nitrogen and oxygen atoms in total. The van der Waals surface area contributed by atoms with Gasteiger partial charge in [0.1, 0.15) is 0 Å². The van der Waals surface area contributed by atoms with Crippen molar-refractivity contribution in [3.63, 3.8) is 0 Å². The topological polar surface area (TPSA) is 37.8 Å². The highest BCUT2D eigenvalue weighted by Gasteiger charge is 2.14. The number of hydrogen-bond donors (Lipinski definition) is 1. The summed E-state index contributed by atoms with van der Waals surface area (Å²) in [6.07, 6.45) is 9.05. The summed E-state index contributed by atoms with van der Waals surface area (Å²) in [5.74, 6) is 0. The van der Waals surface area contributed by atoms with Gasteiger partial charge in [0.15, 0.2) is 0 Å². The number of hydrogen-bond acceptors (Lipinski definition) is 3. The first kappa shape index (κ1) is 15.4. The summed E-state index contributed by atoms with van der Waals surface area (Å²) < 4.78 is 0.985. The van der Waals surface area contributed by atoms with Crippen LogP contribution in [0.15, 0.2) is 41.4 Å². The molecule has 1 N–H and O–H groups in total. The van der Waals surface area contributed by atoms with Crippen LogP contribution in [0.2, 0.25) is 5.02 Å². The van der Waals surface area contributed by atoms with Crippen LogP contribution in [0.5, 0.6) is 0 Å². The average Bonchev–Trinajstić information content (AvgIpc) is 2.45. The second kappa shape index (κ2) is 7.72. The van der Waals surface area contributed by atoms with Gasteiger partial charge in [-0.1, -0.05) is 18.5 Å². The van der Waals surface area contributed by atoms with Gasteiger partial charge in [-0.2, -0.15) is 0 Å². The van der Waals surface area contributed by atoms with Crippen molar-refractivity contribution in [2.75, 3.05) is 6.54 Å². The van der Waals surface area contributed by atoms with Crippen molar-refractivity contribution in [2.45, 2.75) is 25.8 Å². The summed E-state index contributed by atoms with van der Waals surface area (Å²) in [6.45, 7) is 3.11. The molecule has 0 saturated heterocycles. The van der Waals surface area contributed by atoms with E-state index in [2.05, 4.69) is 44.2 Å². The first-order valence-corrected chi connectivity index (χ1v) is 7.80. The van der Waals surface area contributed by atoms with Crippen molar-refractivity contribution in [1.29, 1.82) is 0 Å². The van der Waals surface area contributed by atoms with Crippen molar-refractivity contribution in [1.82, 2.24) is 15.3 Å². The van der Waals surface area contributed by atoms with Crippen LogP contribution < -0.4 is 5.32 Å². The van der Waals surface area contributed by atoms with Crippen LogP contribution in [0.25, 0.3) is 0 Å². The van der Waals surface area contributed by atoms with Gasteiger partial charge < -0.3 is 5.32 Å². The molecule has 1 unspecified atom stereocenters. The van der Waals surface area contributed by atoms with Gasteiger partial charge in [0, 0.05) is 35.3 Å². The van der Waals surface area contributed by atoms with Crippen molar-refractivity contribution in [2.24, 2.45) is 0 Å². The molecule has 0 spiro atoms. The van der Waals surface area contributed by atoms with E-state index in [9.17, 15) is 0 Å². The third-order valence-corrected chi connectivity index (χ3v) is 3.82. The molecular weight excluding hydrogens is 338 g/mol. The monoisotopic (exact) mass is 353 g/mol. The zero-order chi connectivity index (χ0) is 14.4. The highest BCUT2D eigenvalue weighted by atomic mass is 79.9. The minimum absolute atomic E-state index is 0.194. The first-order chi connectivity index (χ1) is 9.70. The number of aromatic nitrogens is 2. The highest BCUT2D eigenvalue weighted by molar-refractivity contribution is 9.10. The molecule has 0 amide bonds. The molecular formula is C15H17BrClN3. The molecule has 0 saturated carbocycles. The largest absolute Gasteiger partial charge is 0.310 e. The van der Waals surface area contributed by atoms with Crippen LogP contribution >= 0.6 is 27.5 Å². The van der Waals surface area contributed by atoms with E-state index < -0.39 is 0 Å². The fourth-order valence-corrected chi connectivity index (χ4v) is 2.61. The Morgan fingerprint density at radius 2 is 2.15 bits per heavy atom. The zero-order valence-electron chi connectivity index (χ0n) is 11.3. The van der Waals surface area contributed by atoms with Gasteiger partial charge >= 0.3 is 0 Å². The molecule has 106 valence electrons. The third-order valence-electron chi connectivity index (χ3n) is 3.05.